The lowest BCUT2D eigenvalue weighted by molar-refractivity contribution is 0.219. The summed E-state index contributed by atoms with van der Waals surface area (Å²) in [6, 6.07) is 15.2. The van der Waals surface area contributed by atoms with Crippen LogP contribution in [0.1, 0.15) is 22.8 Å². The van der Waals surface area contributed by atoms with Crippen LogP contribution < -0.4 is 5.32 Å². The summed E-state index contributed by atoms with van der Waals surface area (Å²) in [6.45, 7) is 0.730. The van der Waals surface area contributed by atoms with Crippen molar-refractivity contribution in [2.75, 3.05) is 7.05 Å². The molecule has 0 amide bonds. The van der Waals surface area contributed by atoms with Gasteiger partial charge in [-0.25, -0.2) is 0 Å². The second-order valence-electron chi connectivity index (χ2n) is 4.19. The molecular weight excluding hydrogens is 246 g/mol. The number of aliphatic hydroxyl groups excluding tert-OH is 1. The third-order valence-corrected chi connectivity index (χ3v) is 3.12. The summed E-state index contributed by atoms with van der Waals surface area (Å²) in [5.74, 6) is 0. The van der Waals surface area contributed by atoms with E-state index in [0.717, 1.165) is 23.2 Å². The molecule has 0 fully saturated rings. The highest BCUT2D eigenvalue weighted by molar-refractivity contribution is 6.30. The fourth-order valence-corrected chi connectivity index (χ4v) is 2.21. The minimum Gasteiger partial charge on any atom is -0.384 e. The van der Waals surface area contributed by atoms with Crippen LogP contribution in [0.25, 0.3) is 0 Å². The summed E-state index contributed by atoms with van der Waals surface area (Å²) in [5, 5.41) is 14.2. The molecule has 0 spiro atoms. The van der Waals surface area contributed by atoms with E-state index in [1.165, 1.54) is 0 Å². The molecule has 2 N–H and O–H groups in total. The Morgan fingerprint density at radius 3 is 2.67 bits per heavy atom. The molecule has 2 rings (SSSR count). The van der Waals surface area contributed by atoms with Crippen molar-refractivity contribution in [1.29, 1.82) is 0 Å². The average molecular weight is 262 g/mol. The molecule has 0 saturated carbocycles. The standard InChI is InChI=1S/C15H16ClNO/c1-17-10-12-5-2-3-8-14(12)15(18)11-6-4-7-13(16)9-11/h2-9,15,17-18H,10H2,1H3/t15-/m1/s1. The van der Waals surface area contributed by atoms with E-state index in [1.54, 1.807) is 12.1 Å². The van der Waals surface area contributed by atoms with Gasteiger partial charge in [-0.05, 0) is 35.9 Å². The van der Waals surface area contributed by atoms with Crippen molar-refractivity contribution in [1.82, 2.24) is 5.32 Å². The largest absolute Gasteiger partial charge is 0.384 e. The Morgan fingerprint density at radius 1 is 1.17 bits per heavy atom. The molecule has 3 heteroatoms. The molecule has 0 aliphatic carbocycles. The summed E-state index contributed by atoms with van der Waals surface area (Å²) in [7, 11) is 1.89. The van der Waals surface area contributed by atoms with Gasteiger partial charge in [-0.3, -0.25) is 0 Å². The number of aliphatic hydroxyl groups is 1. The predicted octanol–water partition coefficient (Wildman–Crippen LogP) is 3.14. The molecule has 0 heterocycles. The summed E-state index contributed by atoms with van der Waals surface area (Å²) in [6.07, 6.45) is -0.645. The maximum atomic E-state index is 10.4. The third kappa shape index (κ3) is 2.91. The molecule has 0 radical (unpaired) electrons. The Labute approximate surface area is 112 Å². The van der Waals surface area contributed by atoms with E-state index < -0.39 is 6.10 Å². The van der Waals surface area contributed by atoms with Crippen molar-refractivity contribution in [2.45, 2.75) is 12.6 Å². The number of hydrogen-bond acceptors (Lipinski definition) is 2. The van der Waals surface area contributed by atoms with Crippen LogP contribution in [0, 0.1) is 0 Å². The van der Waals surface area contributed by atoms with Gasteiger partial charge in [0.05, 0.1) is 0 Å². The van der Waals surface area contributed by atoms with Gasteiger partial charge in [0.2, 0.25) is 0 Å². The topological polar surface area (TPSA) is 32.3 Å². The predicted molar refractivity (Wildman–Crippen MR) is 74.7 cm³/mol. The van der Waals surface area contributed by atoms with E-state index in [0.29, 0.717) is 5.02 Å². The SMILES string of the molecule is CNCc1ccccc1[C@H](O)c1cccc(Cl)c1. The van der Waals surface area contributed by atoms with Crippen molar-refractivity contribution < 1.29 is 5.11 Å². The smallest absolute Gasteiger partial charge is 0.104 e. The highest BCUT2D eigenvalue weighted by atomic mass is 35.5. The van der Waals surface area contributed by atoms with Gasteiger partial charge in [0.15, 0.2) is 0 Å². The van der Waals surface area contributed by atoms with Gasteiger partial charge < -0.3 is 10.4 Å². The Morgan fingerprint density at radius 2 is 1.94 bits per heavy atom. The van der Waals surface area contributed by atoms with E-state index in [4.69, 9.17) is 11.6 Å². The van der Waals surface area contributed by atoms with Gasteiger partial charge in [0.1, 0.15) is 6.10 Å². The molecule has 0 aliphatic rings. The lowest BCUT2D eigenvalue weighted by Crippen LogP contribution is -2.10. The molecule has 2 nitrogen and oxygen atoms in total. The molecular formula is C15H16ClNO. The average Bonchev–Trinajstić information content (AvgIpc) is 2.39. The van der Waals surface area contributed by atoms with Crippen LogP contribution in [0.2, 0.25) is 5.02 Å². The van der Waals surface area contributed by atoms with Crippen molar-refractivity contribution in [3.63, 3.8) is 0 Å². The van der Waals surface area contributed by atoms with Gasteiger partial charge in [0.25, 0.3) is 0 Å². The minimum atomic E-state index is -0.645. The maximum absolute atomic E-state index is 10.4. The molecule has 2 aromatic rings. The minimum absolute atomic E-state index is 0.637. The Hall–Kier alpha value is -1.35. The van der Waals surface area contributed by atoms with E-state index in [9.17, 15) is 5.11 Å². The van der Waals surface area contributed by atoms with Gasteiger partial charge in [-0.2, -0.15) is 0 Å². The highest BCUT2D eigenvalue weighted by Crippen LogP contribution is 2.26. The zero-order valence-electron chi connectivity index (χ0n) is 10.2. The van der Waals surface area contributed by atoms with Crippen LogP contribution >= 0.6 is 11.6 Å². The van der Waals surface area contributed by atoms with E-state index >= 15 is 0 Å². The normalized spacial score (nSPS) is 12.4. The first-order valence-electron chi connectivity index (χ1n) is 5.88. The number of benzene rings is 2. The third-order valence-electron chi connectivity index (χ3n) is 2.88. The number of hydrogen-bond donors (Lipinski definition) is 2. The van der Waals surface area contributed by atoms with Crippen LogP contribution in [-0.2, 0) is 6.54 Å². The van der Waals surface area contributed by atoms with Gasteiger partial charge in [-0.1, -0.05) is 48.0 Å². The fraction of sp³-hybridized carbons (Fsp3) is 0.200. The van der Waals surface area contributed by atoms with Crippen molar-refractivity contribution in [3.8, 4) is 0 Å². The van der Waals surface area contributed by atoms with Crippen LogP contribution in [0.3, 0.4) is 0 Å². The van der Waals surface area contributed by atoms with Crippen molar-refractivity contribution in [3.05, 3.63) is 70.2 Å². The summed E-state index contributed by atoms with van der Waals surface area (Å²) < 4.78 is 0. The summed E-state index contributed by atoms with van der Waals surface area (Å²) in [4.78, 5) is 0. The quantitative estimate of drug-likeness (QED) is 0.886. The van der Waals surface area contributed by atoms with Gasteiger partial charge in [0, 0.05) is 11.6 Å². The Kier molecular flexibility index (Phi) is 4.37. The number of nitrogens with one attached hydrogen (secondary N) is 1. The van der Waals surface area contributed by atoms with Crippen LogP contribution in [0.15, 0.2) is 48.5 Å². The zero-order chi connectivity index (χ0) is 13.0. The molecule has 94 valence electrons. The first-order valence-corrected chi connectivity index (χ1v) is 6.26. The second kappa shape index (κ2) is 6.01. The summed E-state index contributed by atoms with van der Waals surface area (Å²) in [5.41, 5.74) is 2.81. The van der Waals surface area contributed by atoms with Gasteiger partial charge >= 0.3 is 0 Å². The highest BCUT2D eigenvalue weighted by Gasteiger charge is 2.13. The van der Waals surface area contributed by atoms with Crippen LogP contribution in [0.4, 0.5) is 0 Å². The lowest BCUT2D eigenvalue weighted by Gasteiger charge is -2.16. The molecule has 0 bridgehead atoms. The molecule has 2 aromatic carbocycles. The van der Waals surface area contributed by atoms with Crippen LogP contribution in [0.5, 0.6) is 0 Å². The first kappa shape index (κ1) is 13.1. The number of halogens is 1. The molecule has 1 atom stereocenters. The Bertz CT molecular complexity index is 527. The molecule has 0 unspecified atom stereocenters. The van der Waals surface area contributed by atoms with Crippen molar-refractivity contribution in [2.24, 2.45) is 0 Å². The van der Waals surface area contributed by atoms with Gasteiger partial charge in [-0.15, -0.1) is 0 Å². The second-order valence-corrected chi connectivity index (χ2v) is 4.62. The van der Waals surface area contributed by atoms with E-state index in [-0.39, 0.29) is 0 Å². The van der Waals surface area contributed by atoms with E-state index in [1.807, 2.05) is 43.4 Å². The first-order chi connectivity index (χ1) is 8.72. The Balaban J connectivity index is 2.36. The zero-order valence-corrected chi connectivity index (χ0v) is 11.0. The van der Waals surface area contributed by atoms with E-state index in [2.05, 4.69) is 5.32 Å². The monoisotopic (exact) mass is 261 g/mol. The molecule has 0 aliphatic heterocycles. The molecule has 0 saturated heterocycles. The molecule has 18 heavy (non-hydrogen) atoms. The summed E-state index contributed by atoms with van der Waals surface area (Å²) >= 11 is 5.95. The molecule has 0 aromatic heterocycles. The van der Waals surface area contributed by atoms with Crippen molar-refractivity contribution >= 4 is 11.6 Å². The fourth-order valence-electron chi connectivity index (χ4n) is 2.01. The number of rotatable bonds is 4. The van der Waals surface area contributed by atoms with Crippen LogP contribution in [-0.4, -0.2) is 12.2 Å². The maximum Gasteiger partial charge on any atom is 0.104 e. The lowest BCUT2D eigenvalue weighted by atomic mass is 9.97.